The summed E-state index contributed by atoms with van der Waals surface area (Å²) in [6.45, 7) is 16.6. The van der Waals surface area contributed by atoms with E-state index in [1.54, 1.807) is 0 Å². The van der Waals surface area contributed by atoms with Gasteiger partial charge in [-0.2, -0.15) is 0 Å². The van der Waals surface area contributed by atoms with Crippen LogP contribution < -0.4 is 4.74 Å². The summed E-state index contributed by atoms with van der Waals surface area (Å²) in [5.74, 6) is 2.89. The highest BCUT2D eigenvalue weighted by molar-refractivity contribution is 5.33. The Morgan fingerprint density at radius 3 is 2.18 bits per heavy atom. The summed E-state index contributed by atoms with van der Waals surface area (Å²) in [5.41, 5.74) is 2.88. The van der Waals surface area contributed by atoms with E-state index in [4.69, 9.17) is 9.47 Å². The first-order chi connectivity index (χ1) is 13.2. The molecule has 0 N–H and O–H groups in total. The predicted octanol–water partition coefficient (Wildman–Crippen LogP) is 7.74. The summed E-state index contributed by atoms with van der Waals surface area (Å²) in [5, 5.41) is 0. The highest BCUT2D eigenvalue weighted by atomic mass is 16.7. The molecule has 0 spiro atoms. The van der Waals surface area contributed by atoms with E-state index in [1.807, 2.05) is 0 Å². The third kappa shape index (κ3) is 7.28. The van der Waals surface area contributed by atoms with E-state index in [9.17, 15) is 0 Å². The van der Waals surface area contributed by atoms with Crippen LogP contribution >= 0.6 is 0 Å². The minimum Gasteiger partial charge on any atom is -0.465 e. The van der Waals surface area contributed by atoms with Gasteiger partial charge in [0.25, 0.3) is 0 Å². The Kier molecular flexibility index (Phi) is 8.61. The number of hydrogen-bond donors (Lipinski definition) is 0. The van der Waals surface area contributed by atoms with Crippen molar-refractivity contribution in [2.45, 2.75) is 92.8 Å². The summed E-state index contributed by atoms with van der Waals surface area (Å²) in [4.78, 5) is 0. The third-order valence-corrected chi connectivity index (χ3v) is 5.93. The molecule has 0 bridgehead atoms. The Labute approximate surface area is 173 Å². The highest BCUT2D eigenvalue weighted by Gasteiger charge is 2.24. The lowest BCUT2D eigenvalue weighted by atomic mass is 9.76. The number of benzene rings is 1. The second kappa shape index (κ2) is 10.5. The van der Waals surface area contributed by atoms with Crippen LogP contribution in [0.3, 0.4) is 0 Å². The zero-order chi connectivity index (χ0) is 20.7. The zero-order valence-electron chi connectivity index (χ0n) is 19.3. The molecule has 2 atom stereocenters. The molecule has 2 heteroatoms. The van der Waals surface area contributed by atoms with Gasteiger partial charge in [-0.05, 0) is 61.6 Å². The molecule has 2 unspecified atom stereocenters. The number of rotatable bonds is 8. The molecular formula is C26H42O2. The van der Waals surface area contributed by atoms with E-state index in [0.717, 1.165) is 24.7 Å². The second-order valence-corrected chi connectivity index (χ2v) is 10.1. The first kappa shape index (κ1) is 23.0. The van der Waals surface area contributed by atoms with Gasteiger partial charge >= 0.3 is 0 Å². The standard InChI is InChI=1S/C26H42O2/c1-8-25(27-18-21-11-9-20(4)10-12-21)28-23-15-13-22(14-16-23)24(17-19(2)3)26(5,6)7/h13-17,20-21,24-25H,8-12,18H2,1-7H3. The highest BCUT2D eigenvalue weighted by Crippen LogP contribution is 2.37. The topological polar surface area (TPSA) is 18.5 Å². The summed E-state index contributed by atoms with van der Waals surface area (Å²) in [6, 6.07) is 8.61. The SMILES string of the molecule is CCC(OCC1CCC(C)CC1)Oc1ccc(C(C=C(C)C)C(C)(C)C)cc1. The minimum atomic E-state index is -0.151. The number of hydrogen-bond acceptors (Lipinski definition) is 2. The van der Waals surface area contributed by atoms with Gasteiger partial charge in [0, 0.05) is 12.3 Å². The van der Waals surface area contributed by atoms with Crippen LogP contribution in [-0.4, -0.2) is 12.9 Å². The maximum absolute atomic E-state index is 6.14. The second-order valence-electron chi connectivity index (χ2n) is 10.1. The van der Waals surface area contributed by atoms with Crippen molar-refractivity contribution in [3.8, 4) is 5.75 Å². The average molecular weight is 387 g/mol. The lowest BCUT2D eigenvalue weighted by molar-refractivity contribution is -0.0966. The molecule has 2 rings (SSSR count). The zero-order valence-corrected chi connectivity index (χ0v) is 19.3. The number of ether oxygens (including phenoxy) is 2. The fourth-order valence-electron chi connectivity index (χ4n) is 4.06. The fourth-order valence-corrected chi connectivity index (χ4v) is 4.06. The van der Waals surface area contributed by atoms with E-state index in [-0.39, 0.29) is 11.7 Å². The van der Waals surface area contributed by atoms with Gasteiger partial charge in [-0.25, -0.2) is 0 Å². The Hall–Kier alpha value is -1.28. The van der Waals surface area contributed by atoms with Crippen molar-refractivity contribution in [2.75, 3.05) is 6.61 Å². The van der Waals surface area contributed by atoms with E-state index in [1.165, 1.54) is 36.8 Å². The van der Waals surface area contributed by atoms with Crippen LogP contribution in [0.4, 0.5) is 0 Å². The summed E-state index contributed by atoms with van der Waals surface area (Å²) in [7, 11) is 0. The lowest BCUT2D eigenvalue weighted by Crippen LogP contribution is -2.25. The fraction of sp³-hybridized carbons (Fsp3) is 0.692. The number of allylic oxidation sites excluding steroid dienone is 2. The first-order valence-corrected chi connectivity index (χ1v) is 11.2. The summed E-state index contributed by atoms with van der Waals surface area (Å²) < 4.78 is 12.3. The molecule has 1 fully saturated rings. The molecule has 0 aromatic heterocycles. The third-order valence-electron chi connectivity index (χ3n) is 5.93. The largest absolute Gasteiger partial charge is 0.465 e. The molecular weight excluding hydrogens is 344 g/mol. The van der Waals surface area contributed by atoms with Gasteiger partial charge in [-0.3, -0.25) is 0 Å². The van der Waals surface area contributed by atoms with Gasteiger partial charge < -0.3 is 9.47 Å². The monoisotopic (exact) mass is 386 g/mol. The van der Waals surface area contributed by atoms with Crippen LogP contribution in [0.15, 0.2) is 35.9 Å². The van der Waals surface area contributed by atoms with Gasteiger partial charge in [-0.15, -0.1) is 0 Å². The Morgan fingerprint density at radius 2 is 1.68 bits per heavy atom. The van der Waals surface area contributed by atoms with E-state index < -0.39 is 0 Å². The van der Waals surface area contributed by atoms with E-state index in [0.29, 0.717) is 11.8 Å². The summed E-state index contributed by atoms with van der Waals surface area (Å²) in [6.07, 6.45) is 8.37. The summed E-state index contributed by atoms with van der Waals surface area (Å²) >= 11 is 0. The minimum absolute atomic E-state index is 0.151. The molecule has 0 aliphatic heterocycles. The van der Waals surface area contributed by atoms with Crippen molar-refractivity contribution in [2.24, 2.45) is 17.3 Å². The van der Waals surface area contributed by atoms with Crippen LogP contribution in [-0.2, 0) is 4.74 Å². The lowest BCUT2D eigenvalue weighted by Gasteiger charge is -2.29. The Balaban J connectivity index is 1.94. The molecule has 1 aliphatic carbocycles. The maximum atomic E-state index is 6.14. The van der Waals surface area contributed by atoms with Crippen molar-refractivity contribution < 1.29 is 9.47 Å². The smallest absolute Gasteiger partial charge is 0.199 e. The molecule has 0 heterocycles. The molecule has 1 aromatic rings. The molecule has 2 nitrogen and oxygen atoms in total. The van der Waals surface area contributed by atoms with E-state index >= 15 is 0 Å². The van der Waals surface area contributed by atoms with Gasteiger partial charge in [-0.1, -0.05) is 71.2 Å². The Morgan fingerprint density at radius 1 is 1.07 bits per heavy atom. The van der Waals surface area contributed by atoms with Crippen LogP contribution in [0.25, 0.3) is 0 Å². The van der Waals surface area contributed by atoms with Crippen molar-refractivity contribution >= 4 is 0 Å². The molecule has 1 saturated carbocycles. The maximum Gasteiger partial charge on any atom is 0.199 e. The van der Waals surface area contributed by atoms with Crippen LogP contribution in [0.1, 0.15) is 92.1 Å². The average Bonchev–Trinajstić information content (AvgIpc) is 2.64. The predicted molar refractivity (Wildman–Crippen MR) is 120 cm³/mol. The normalized spacial score (nSPS) is 22.4. The molecule has 1 aliphatic rings. The molecule has 0 radical (unpaired) electrons. The molecule has 158 valence electrons. The molecule has 0 amide bonds. The van der Waals surface area contributed by atoms with E-state index in [2.05, 4.69) is 78.8 Å². The van der Waals surface area contributed by atoms with Crippen molar-refractivity contribution in [1.29, 1.82) is 0 Å². The van der Waals surface area contributed by atoms with Gasteiger partial charge in [0.2, 0.25) is 0 Å². The van der Waals surface area contributed by atoms with Crippen molar-refractivity contribution in [3.05, 3.63) is 41.5 Å². The Bertz CT molecular complexity index is 596. The van der Waals surface area contributed by atoms with Crippen molar-refractivity contribution in [3.63, 3.8) is 0 Å². The van der Waals surface area contributed by atoms with Crippen LogP contribution in [0.2, 0.25) is 0 Å². The molecule has 1 aromatic carbocycles. The first-order valence-electron chi connectivity index (χ1n) is 11.2. The molecule has 0 saturated heterocycles. The quantitative estimate of drug-likeness (QED) is 0.336. The van der Waals surface area contributed by atoms with Crippen LogP contribution in [0, 0.1) is 17.3 Å². The van der Waals surface area contributed by atoms with Gasteiger partial charge in [0.05, 0.1) is 6.61 Å². The van der Waals surface area contributed by atoms with Crippen molar-refractivity contribution in [1.82, 2.24) is 0 Å². The molecule has 28 heavy (non-hydrogen) atoms. The van der Waals surface area contributed by atoms with Crippen LogP contribution in [0.5, 0.6) is 5.75 Å². The van der Waals surface area contributed by atoms with Gasteiger partial charge in [0.15, 0.2) is 6.29 Å². The van der Waals surface area contributed by atoms with Gasteiger partial charge in [0.1, 0.15) is 5.75 Å².